The number of Topliss-reactive ketones (excluding diaryl/α,β-unsaturated/α-hetero) is 1. The minimum atomic E-state index is -0.377. The van der Waals surface area contributed by atoms with Gasteiger partial charge in [-0.3, -0.25) is 4.79 Å². The van der Waals surface area contributed by atoms with Crippen LogP contribution in [0.2, 0.25) is 5.02 Å². The van der Waals surface area contributed by atoms with Crippen LogP contribution in [-0.4, -0.2) is 5.78 Å². The second-order valence-corrected chi connectivity index (χ2v) is 6.50. The lowest BCUT2D eigenvalue weighted by Gasteiger charge is -2.09. The summed E-state index contributed by atoms with van der Waals surface area (Å²) in [4.78, 5) is 12.7. The van der Waals surface area contributed by atoms with Gasteiger partial charge in [-0.15, -0.1) is 0 Å². The van der Waals surface area contributed by atoms with Crippen LogP contribution in [0.4, 0.5) is 0 Å². The van der Waals surface area contributed by atoms with Crippen molar-refractivity contribution in [1.82, 2.24) is 5.32 Å². The molecule has 2 aromatic rings. The summed E-state index contributed by atoms with van der Waals surface area (Å²) in [6.07, 6.45) is 0. The van der Waals surface area contributed by atoms with Gasteiger partial charge < -0.3 is 5.32 Å². The Morgan fingerprint density at radius 3 is 2.58 bits per heavy atom. The van der Waals surface area contributed by atoms with Gasteiger partial charge >= 0.3 is 0 Å². The first-order valence-electron chi connectivity index (χ1n) is 7.25. The van der Waals surface area contributed by atoms with E-state index in [-0.39, 0.29) is 11.4 Å². The van der Waals surface area contributed by atoms with Crippen molar-refractivity contribution in [2.24, 2.45) is 0 Å². The Balaban J connectivity index is 1.93. The summed E-state index contributed by atoms with van der Waals surface area (Å²) in [7, 11) is 0. The average Bonchev–Trinajstić information content (AvgIpc) is 3.05. The van der Waals surface area contributed by atoms with Gasteiger partial charge in [-0.25, -0.2) is 0 Å². The number of allylic oxidation sites excluding steroid dienone is 1. The number of halogens is 1. The Bertz CT molecular complexity index is 925. The zero-order valence-corrected chi connectivity index (χ0v) is 14.4. The van der Waals surface area contributed by atoms with Crippen LogP contribution < -0.4 is 5.32 Å². The molecule has 3 nitrogen and oxygen atoms in total. The zero-order chi connectivity index (χ0) is 17.1. The Labute approximate surface area is 149 Å². The zero-order valence-electron chi connectivity index (χ0n) is 12.8. The lowest BCUT2D eigenvalue weighted by molar-refractivity contribution is 0.103. The highest BCUT2D eigenvalue weighted by Gasteiger charge is 2.23. The highest BCUT2D eigenvalue weighted by molar-refractivity contribution is 8.06. The van der Waals surface area contributed by atoms with Gasteiger partial charge in [0.1, 0.15) is 11.6 Å². The molecule has 1 aliphatic rings. The van der Waals surface area contributed by atoms with E-state index in [2.05, 4.69) is 5.32 Å². The Kier molecular flexibility index (Phi) is 4.75. The largest absolute Gasteiger partial charge is 0.348 e. The molecule has 0 atom stereocenters. The van der Waals surface area contributed by atoms with Gasteiger partial charge in [0.2, 0.25) is 5.78 Å². The van der Waals surface area contributed by atoms with E-state index in [1.807, 2.05) is 42.7 Å². The van der Waals surface area contributed by atoms with E-state index in [4.69, 9.17) is 11.6 Å². The van der Waals surface area contributed by atoms with Gasteiger partial charge in [-0.05, 0) is 24.6 Å². The number of hydrogen-bond acceptors (Lipinski definition) is 4. The molecule has 0 saturated carbocycles. The van der Waals surface area contributed by atoms with Gasteiger partial charge in [0.15, 0.2) is 0 Å². The summed E-state index contributed by atoms with van der Waals surface area (Å²) in [5.41, 5.74) is 3.44. The van der Waals surface area contributed by atoms with Crippen LogP contribution in [0.15, 0.2) is 64.5 Å². The lowest BCUT2D eigenvalue weighted by Crippen LogP contribution is -2.12. The summed E-state index contributed by atoms with van der Waals surface area (Å²) >= 11 is 7.41. The van der Waals surface area contributed by atoms with Crippen molar-refractivity contribution >= 4 is 34.8 Å². The fraction of sp³-hybridized carbons (Fsp3) is 0.0526. The monoisotopic (exact) mass is 352 g/mol. The summed E-state index contributed by atoms with van der Waals surface area (Å²) in [5.74, 6) is -0.377. The number of aryl methyl sites for hydroxylation is 1. The number of nitrogens with one attached hydrogen (secondary N) is 1. The third-order valence-electron chi connectivity index (χ3n) is 3.66. The lowest BCUT2D eigenvalue weighted by atomic mass is 10.0. The van der Waals surface area contributed by atoms with Crippen LogP contribution in [-0.2, 0) is 0 Å². The number of carbonyl (C=O) groups is 1. The molecule has 0 aromatic heterocycles. The molecule has 0 bridgehead atoms. The van der Waals surface area contributed by atoms with Crippen LogP contribution in [0.25, 0.3) is 5.70 Å². The molecule has 0 radical (unpaired) electrons. The number of ketones is 1. The van der Waals surface area contributed by atoms with Crippen molar-refractivity contribution < 1.29 is 4.79 Å². The predicted octanol–water partition coefficient (Wildman–Crippen LogP) is 4.90. The second kappa shape index (κ2) is 6.96. The van der Waals surface area contributed by atoms with Crippen molar-refractivity contribution in [3.63, 3.8) is 0 Å². The number of benzene rings is 2. The minimum Gasteiger partial charge on any atom is -0.348 e. The van der Waals surface area contributed by atoms with E-state index in [1.165, 1.54) is 11.8 Å². The number of carbonyl (C=O) groups excluding carboxylic acids is 1. The molecule has 3 rings (SSSR count). The molecule has 0 spiro atoms. The number of nitrogens with zero attached hydrogens (tertiary/aromatic N) is 1. The molecule has 1 aliphatic heterocycles. The first-order valence-corrected chi connectivity index (χ1v) is 8.51. The topological polar surface area (TPSA) is 52.9 Å². The molecule has 0 unspecified atom stereocenters. The normalized spacial score (nSPS) is 15.3. The molecule has 5 heteroatoms. The number of thioether (sulfide) groups is 1. The van der Waals surface area contributed by atoms with Crippen LogP contribution in [0.5, 0.6) is 0 Å². The van der Waals surface area contributed by atoms with Crippen molar-refractivity contribution in [3.05, 3.63) is 86.3 Å². The minimum absolute atomic E-state index is 0.0629. The first kappa shape index (κ1) is 16.4. The summed E-state index contributed by atoms with van der Waals surface area (Å²) < 4.78 is 0. The fourth-order valence-electron chi connectivity index (χ4n) is 2.41. The van der Waals surface area contributed by atoms with Crippen molar-refractivity contribution in [2.75, 3.05) is 0 Å². The summed E-state index contributed by atoms with van der Waals surface area (Å²) in [5, 5.41) is 15.4. The molecule has 118 valence electrons. The molecule has 0 amide bonds. The third kappa shape index (κ3) is 3.09. The standard InChI is InChI=1S/C19H13ClN2OS/c1-12-6-2-3-7-13(12)17-11-24-19(22-17)15(10-21)18(23)14-8-4-5-9-16(14)20/h2-9,11,22H,1H3/b19-15+. The Morgan fingerprint density at radius 2 is 1.88 bits per heavy atom. The maximum absolute atomic E-state index is 12.7. The van der Waals surface area contributed by atoms with Gasteiger partial charge in [-0.1, -0.05) is 59.8 Å². The molecule has 1 N–H and O–H groups in total. The average molecular weight is 353 g/mol. The quantitative estimate of drug-likeness (QED) is 0.485. The molecular formula is C19H13ClN2OS. The van der Waals surface area contributed by atoms with Crippen LogP contribution >= 0.6 is 23.4 Å². The van der Waals surface area contributed by atoms with E-state index in [9.17, 15) is 10.1 Å². The maximum atomic E-state index is 12.7. The second-order valence-electron chi connectivity index (χ2n) is 5.21. The van der Waals surface area contributed by atoms with Gasteiger partial charge in [0.05, 0.1) is 15.7 Å². The van der Waals surface area contributed by atoms with Crippen LogP contribution in [0.1, 0.15) is 21.5 Å². The highest BCUT2D eigenvalue weighted by Crippen LogP contribution is 2.34. The molecule has 0 aliphatic carbocycles. The highest BCUT2D eigenvalue weighted by atomic mass is 35.5. The number of nitriles is 1. The predicted molar refractivity (Wildman–Crippen MR) is 98.3 cm³/mol. The molecule has 2 aromatic carbocycles. The molecule has 0 fully saturated rings. The molecule has 1 heterocycles. The molecule has 0 saturated heterocycles. The van der Waals surface area contributed by atoms with Crippen LogP contribution in [0, 0.1) is 18.3 Å². The van der Waals surface area contributed by atoms with E-state index < -0.39 is 0 Å². The van der Waals surface area contributed by atoms with Crippen molar-refractivity contribution in [2.45, 2.75) is 6.92 Å². The number of hydrogen-bond donors (Lipinski definition) is 1. The third-order valence-corrected chi connectivity index (χ3v) is 4.89. The Morgan fingerprint density at radius 1 is 1.17 bits per heavy atom. The SMILES string of the molecule is Cc1ccccc1C1=CS/C(=C(\C#N)C(=O)c2ccccc2Cl)N1. The van der Waals surface area contributed by atoms with E-state index in [0.29, 0.717) is 15.6 Å². The molecule has 24 heavy (non-hydrogen) atoms. The smallest absolute Gasteiger partial charge is 0.207 e. The summed E-state index contributed by atoms with van der Waals surface area (Å²) in [6, 6.07) is 16.7. The van der Waals surface area contributed by atoms with Gasteiger partial charge in [0.25, 0.3) is 0 Å². The maximum Gasteiger partial charge on any atom is 0.207 e. The Hall–Kier alpha value is -2.48. The van der Waals surface area contributed by atoms with Gasteiger partial charge in [0, 0.05) is 16.5 Å². The first-order chi connectivity index (χ1) is 11.6. The van der Waals surface area contributed by atoms with E-state index >= 15 is 0 Å². The van der Waals surface area contributed by atoms with Crippen molar-refractivity contribution in [3.8, 4) is 6.07 Å². The van der Waals surface area contributed by atoms with Gasteiger partial charge in [-0.2, -0.15) is 5.26 Å². The fourth-order valence-corrected chi connectivity index (χ4v) is 3.48. The molecular weight excluding hydrogens is 340 g/mol. The van der Waals surface area contributed by atoms with Crippen LogP contribution in [0.3, 0.4) is 0 Å². The van der Waals surface area contributed by atoms with Crippen molar-refractivity contribution in [1.29, 1.82) is 5.26 Å². The van der Waals surface area contributed by atoms with E-state index in [1.54, 1.807) is 24.3 Å². The number of rotatable bonds is 3. The van der Waals surface area contributed by atoms with E-state index in [0.717, 1.165) is 16.8 Å². The summed E-state index contributed by atoms with van der Waals surface area (Å²) in [6.45, 7) is 2.02.